The number of rotatable bonds is 6. The number of aromatic nitrogens is 1. The number of aromatic amines is 1. The molecule has 27 heavy (non-hydrogen) atoms. The van der Waals surface area contributed by atoms with Crippen LogP contribution in [0.5, 0.6) is 0 Å². The maximum Gasteiger partial charge on any atom is 0.224 e. The molecule has 0 aliphatic rings. The van der Waals surface area contributed by atoms with Gasteiger partial charge in [-0.1, -0.05) is 48.9 Å². The number of nitrogens with one attached hydrogen (secondary N) is 2. The highest BCUT2D eigenvalue weighted by molar-refractivity contribution is 6.31. The van der Waals surface area contributed by atoms with Crippen LogP contribution in [0.1, 0.15) is 18.1 Å². The van der Waals surface area contributed by atoms with Crippen LogP contribution < -0.4 is 5.32 Å². The van der Waals surface area contributed by atoms with Gasteiger partial charge in [-0.15, -0.1) is 0 Å². The quantitative estimate of drug-likeness (QED) is 0.653. The lowest BCUT2D eigenvalue weighted by atomic mass is 10.0. The molecule has 0 bridgehead atoms. The van der Waals surface area contributed by atoms with E-state index in [1.807, 2.05) is 56.3 Å². The van der Waals surface area contributed by atoms with Crippen LogP contribution in [0.4, 0.5) is 0 Å². The number of fused-ring (bicyclic) bond motifs is 1. The van der Waals surface area contributed by atoms with Crippen molar-refractivity contribution in [1.82, 2.24) is 15.2 Å². The molecule has 5 heteroatoms. The molecule has 0 spiro atoms. The minimum atomic E-state index is -0.0695. The molecule has 1 atom stereocenters. The smallest absolute Gasteiger partial charge is 0.224 e. The van der Waals surface area contributed by atoms with E-state index in [0.29, 0.717) is 11.6 Å². The molecule has 142 valence electrons. The van der Waals surface area contributed by atoms with Gasteiger partial charge in [0.2, 0.25) is 5.91 Å². The summed E-state index contributed by atoms with van der Waals surface area (Å²) in [4.78, 5) is 17.9. The Morgan fingerprint density at radius 3 is 2.59 bits per heavy atom. The zero-order chi connectivity index (χ0) is 19.6. The summed E-state index contributed by atoms with van der Waals surface area (Å²) in [5, 5.41) is 4.81. The first-order valence-corrected chi connectivity index (χ1v) is 9.53. The molecule has 0 saturated heterocycles. The lowest BCUT2D eigenvalue weighted by Gasteiger charge is -2.16. The van der Waals surface area contributed by atoms with E-state index in [1.165, 1.54) is 0 Å². The first-order chi connectivity index (χ1) is 12.9. The van der Waals surface area contributed by atoms with Crippen LogP contribution in [0.25, 0.3) is 22.2 Å². The number of hydrogen-bond acceptors (Lipinski definition) is 2. The van der Waals surface area contributed by atoms with Gasteiger partial charge in [0.1, 0.15) is 0 Å². The fourth-order valence-corrected chi connectivity index (χ4v) is 3.72. The summed E-state index contributed by atoms with van der Waals surface area (Å²) < 4.78 is 0. The van der Waals surface area contributed by atoms with E-state index >= 15 is 0 Å². The van der Waals surface area contributed by atoms with Crippen LogP contribution in [0.15, 0.2) is 42.5 Å². The maximum atomic E-state index is 12.4. The van der Waals surface area contributed by atoms with Gasteiger partial charge in [0.25, 0.3) is 0 Å². The van der Waals surface area contributed by atoms with Crippen molar-refractivity contribution in [2.24, 2.45) is 5.92 Å². The average molecular weight is 384 g/mol. The molecule has 1 amide bonds. The second-order valence-corrected chi connectivity index (χ2v) is 7.80. The molecule has 3 rings (SSSR count). The highest BCUT2D eigenvalue weighted by atomic mass is 35.5. The van der Waals surface area contributed by atoms with Crippen LogP contribution in [0.3, 0.4) is 0 Å². The van der Waals surface area contributed by atoms with Crippen molar-refractivity contribution < 1.29 is 4.79 Å². The molecule has 1 aromatic heterocycles. The molecule has 0 aliphatic heterocycles. The topological polar surface area (TPSA) is 48.1 Å². The fraction of sp³-hybridized carbons (Fsp3) is 0.318. The van der Waals surface area contributed by atoms with E-state index in [9.17, 15) is 4.79 Å². The number of hydrogen-bond donors (Lipinski definition) is 2. The maximum absolute atomic E-state index is 12.4. The van der Waals surface area contributed by atoms with Gasteiger partial charge in [0, 0.05) is 35.1 Å². The predicted molar refractivity (Wildman–Crippen MR) is 113 cm³/mol. The van der Waals surface area contributed by atoms with E-state index in [0.717, 1.165) is 39.8 Å². The zero-order valence-corrected chi connectivity index (χ0v) is 17.0. The molecule has 0 fully saturated rings. The number of halogens is 1. The zero-order valence-electron chi connectivity index (χ0n) is 16.3. The largest absolute Gasteiger partial charge is 0.354 e. The van der Waals surface area contributed by atoms with Gasteiger partial charge in [-0.05, 0) is 49.8 Å². The van der Waals surface area contributed by atoms with E-state index < -0.39 is 0 Å². The fourth-order valence-electron chi connectivity index (χ4n) is 3.48. The van der Waals surface area contributed by atoms with Crippen LogP contribution >= 0.6 is 11.6 Å². The molecular formula is C22H26ClN3O. The SMILES string of the molecule is Cc1c(-c2ccccc2)[nH]c2c(CNC(=O)C(C)CN(C)C)cc(Cl)cc12. The second-order valence-electron chi connectivity index (χ2n) is 7.36. The molecule has 1 unspecified atom stereocenters. The van der Waals surface area contributed by atoms with Gasteiger partial charge in [0.05, 0.1) is 5.52 Å². The summed E-state index contributed by atoms with van der Waals surface area (Å²) in [6.07, 6.45) is 0. The van der Waals surface area contributed by atoms with E-state index in [-0.39, 0.29) is 11.8 Å². The van der Waals surface area contributed by atoms with Crippen molar-refractivity contribution in [3.8, 4) is 11.3 Å². The number of carbonyl (C=O) groups excluding carboxylic acids is 1. The Labute approximate surface area is 165 Å². The third kappa shape index (κ3) is 4.34. The summed E-state index contributed by atoms with van der Waals surface area (Å²) in [6.45, 7) is 5.20. The standard InChI is InChI=1S/C22H26ClN3O/c1-14(13-26(3)4)22(27)24-12-17-10-18(23)11-19-15(2)20(25-21(17)19)16-8-6-5-7-9-16/h5-11,14,25H,12-13H2,1-4H3,(H,24,27). The van der Waals surface area contributed by atoms with Crippen molar-refractivity contribution in [2.75, 3.05) is 20.6 Å². The highest BCUT2D eigenvalue weighted by Gasteiger charge is 2.16. The normalized spacial score (nSPS) is 12.5. The monoisotopic (exact) mass is 383 g/mol. The molecule has 0 aliphatic carbocycles. The van der Waals surface area contributed by atoms with Crippen molar-refractivity contribution >= 4 is 28.4 Å². The van der Waals surface area contributed by atoms with Gasteiger partial charge >= 0.3 is 0 Å². The number of carbonyl (C=O) groups is 1. The van der Waals surface area contributed by atoms with Gasteiger partial charge in [-0.2, -0.15) is 0 Å². The van der Waals surface area contributed by atoms with Crippen molar-refractivity contribution in [1.29, 1.82) is 0 Å². The Morgan fingerprint density at radius 1 is 1.22 bits per heavy atom. The number of benzene rings is 2. The van der Waals surface area contributed by atoms with Crippen LogP contribution in [-0.2, 0) is 11.3 Å². The summed E-state index contributed by atoms with van der Waals surface area (Å²) in [6, 6.07) is 14.1. The number of nitrogens with zero attached hydrogens (tertiary/aromatic N) is 1. The first kappa shape index (κ1) is 19.5. The summed E-state index contributed by atoms with van der Waals surface area (Å²) in [5.74, 6) is -0.0247. The van der Waals surface area contributed by atoms with Crippen molar-refractivity contribution in [3.63, 3.8) is 0 Å². The van der Waals surface area contributed by atoms with Crippen LogP contribution in [0.2, 0.25) is 5.02 Å². The Bertz CT molecular complexity index is 947. The Morgan fingerprint density at radius 2 is 1.93 bits per heavy atom. The minimum absolute atomic E-state index is 0.0448. The second kappa shape index (κ2) is 8.15. The van der Waals surface area contributed by atoms with E-state index in [2.05, 4.69) is 29.4 Å². The number of amides is 1. The molecule has 0 saturated carbocycles. The Kier molecular flexibility index (Phi) is 5.88. The Balaban J connectivity index is 1.91. The molecule has 0 radical (unpaired) electrons. The van der Waals surface area contributed by atoms with Gasteiger partial charge < -0.3 is 15.2 Å². The molecule has 3 aromatic rings. The number of H-pyrrole nitrogens is 1. The summed E-state index contributed by atoms with van der Waals surface area (Å²) >= 11 is 6.36. The molecule has 2 N–H and O–H groups in total. The third-order valence-electron chi connectivity index (χ3n) is 4.82. The molecule has 4 nitrogen and oxygen atoms in total. The molecule has 1 heterocycles. The summed E-state index contributed by atoms with van der Waals surface area (Å²) in [5.41, 5.74) is 5.40. The van der Waals surface area contributed by atoms with E-state index in [1.54, 1.807) is 0 Å². The average Bonchev–Trinajstić information content (AvgIpc) is 2.96. The van der Waals surface area contributed by atoms with Gasteiger partial charge in [-0.25, -0.2) is 0 Å². The lowest BCUT2D eigenvalue weighted by molar-refractivity contribution is -0.125. The van der Waals surface area contributed by atoms with Gasteiger partial charge in [-0.3, -0.25) is 4.79 Å². The molecular weight excluding hydrogens is 358 g/mol. The number of aryl methyl sites for hydroxylation is 1. The molecule has 2 aromatic carbocycles. The third-order valence-corrected chi connectivity index (χ3v) is 5.03. The van der Waals surface area contributed by atoms with Gasteiger partial charge in [0.15, 0.2) is 0 Å². The minimum Gasteiger partial charge on any atom is -0.354 e. The van der Waals surface area contributed by atoms with Crippen LogP contribution in [0, 0.1) is 12.8 Å². The van der Waals surface area contributed by atoms with Crippen molar-refractivity contribution in [3.05, 3.63) is 58.6 Å². The van der Waals surface area contributed by atoms with E-state index in [4.69, 9.17) is 11.6 Å². The summed E-state index contributed by atoms with van der Waals surface area (Å²) in [7, 11) is 3.94. The Hall–Kier alpha value is -2.30. The lowest BCUT2D eigenvalue weighted by Crippen LogP contribution is -2.34. The van der Waals surface area contributed by atoms with Crippen molar-refractivity contribution in [2.45, 2.75) is 20.4 Å². The van der Waals surface area contributed by atoms with Crippen LogP contribution in [-0.4, -0.2) is 36.4 Å². The first-order valence-electron chi connectivity index (χ1n) is 9.15. The highest BCUT2D eigenvalue weighted by Crippen LogP contribution is 2.33. The predicted octanol–water partition coefficient (Wildman–Crippen LogP) is 4.61.